The number of carbonyl (C=O) groups excluding carboxylic acids is 2. The third-order valence-electron chi connectivity index (χ3n) is 3.30. The number of alkyl halides is 3. The molecule has 0 radical (unpaired) electrons. The predicted octanol–water partition coefficient (Wildman–Crippen LogP) is 6.07. The molecule has 0 fully saturated rings. The number of hydrogen-bond donors (Lipinski definition) is 3. The Hall–Kier alpha value is -1.77. The summed E-state index contributed by atoms with van der Waals surface area (Å²) in [7, 11) is 1.51. The van der Waals surface area contributed by atoms with E-state index in [4.69, 9.17) is 67.5 Å². The molecule has 0 heterocycles. The highest BCUT2D eigenvalue weighted by Crippen LogP contribution is 2.31. The van der Waals surface area contributed by atoms with Crippen LogP contribution in [0.15, 0.2) is 42.5 Å². The number of nitrogens with one attached hydrogen (secondary N) is 3. The molecule has 3 N–H and O–H groups in total. The molecule has 0 unspecified atom stereocenters. The Kier molecular flexibility index (Phi) is 8.36. The van der Waals surface area contributed by atoms with Gasteiger partial charge in [0, 0.05) is 11.4 Å². The summed E-state index contributed by atoms with van der Waals surface area (Å²) in [5.41, 5.74) is 0.724. The second kappa shape index (κ2) is 10.3. The Bertz CT molecular complexity index is 874. The molecule has 0 aliphatic carbocycles. The minimum atomic E-state index is -2.15. The minimum absolute atomic E-state index is 0.222. The van der Waals surface area contributed by atoms with Crippen molar-refractivity contribution in [2.75, 3.05) is 17.7 Å². The molecular weight excluding hydrogens is 487 g/mol. The first kappa shape index (κ1) is 23.5. The summed E-state index contributed by atoms with van der Waals surface area (Å²) in [6.45, 7) is 0. The number of halogens is 5. The third kappa shape index (κ3) is 7.53. The average Bonchev–Trinajstić information content (AvgIpc) is 2.64. The Morgan fingerprint density at radius 3 is 2.10 bits per heavy atom. The van der Waals surface area contributed by atoms with E-state index in [0.717, 1.165) is 0 Å². The van der Waals surface area contributed by atoms with E-state index in [2.05, 4.69) is 16.0 Å². The maximum Gasteiger partial charge on any atom is 0.413 e. The van der Waals surface area contributed by atoms with Gasteiger partial charge in [0.2, 0.25) is 10.0 Å². The molecule has 3 amide bonds. The van der Waals surface area contributed by atoms with Crippen molar-refractivity contribution in [1.82, 2.24) is 5.32 Å². The minimum Gasteiger partial charge on any atom is -0.497 e. The molecule has 12 heteroatoms. The van der Waals surface area contributed by atoms with Crippen LogP contribution in [0.2, 0.25) is 10.0 Å². The molecule has 29 heavy (non-hydrogen) atoms. The molecule has 1 atom stereocenters. The van der Waals surface area contributed by atoms with Crippen molar-refractivity contribution < 1.29 is 19.1 Å². The van der Waals surface area contributed by atoms with Crippen molar-refractivity contribution in [1.29, 1.82) is 0 Å². The Morgan fingerprint density at radius 1 is 0.931 bits per heavy atom. The normalized spacial score (nSPS) is 11.9. The summed E-state index contributed by atoms with van der Waals surface area (Å²) in [4.78, 5) is 24.3. The quantitative estimate of drug-likeness (QED) is 0.343. The topological polar surface area (TPSA) is 88.7 Å². The van der Waals surface area contributed by atoms with Gasteiger partial charge in [-0.2, -0.15) is 0 Å². The van der Waals surface area contributed by atoms with E-state index in [-0.39, 0.29) is 10.7 Å². The summed E-state index contributed by atoms with van der Waals surface area (Å²) < 4.78 is 7.90. The lowest BCUT2D eigenvalue weighted by Crippen LogP contribution is -2.48. The van der Waals surface area contributed by atoms with Crippen LogP contribution in [0.5, 0.6) is 5.75 Å². The number of anilines is 2. The van der Waals surface area contributed by atoms with Crippen LogP contribution in [0, 0.1) is 0 Å². The number of benzene rings is 2. The molecule has 156 valence electrons. The fourth-order valence-electron chi connectivity index (χ4n) is 1.97. The molecule has 0 saturated carbocycles. The molecular formula is C17H14Cl5N3O4. The highest BCUT2D eigenvalue weighted by molar-refractivity contribution is 6.68. The summed E-state index contributed by atoms with van der Waals surface area (Å²) in [5.74, 6) is 0.609. The smallest absolute Gasteiger partial charge is 0.413 e. The summed E-state index contributed by atoms with van der Waals surface area (Å²) >= 11 is 29.1. The van der Waals surface area contributed by atoms with Crippen LogP contribution in [0.25, 0.3) is 0 Å². The van der Waals surface area contributed by atoms with Gasteiger partial charge >= 0.3 is 12.1 Å². The van der Waals surface area contributed by atoms with E-state index in [1.807, 2.05) is 0 Å². The molecule has 2 rings (SSSR count). The lowest BCUT2D eigenvalue weighted by molar-refractivity contribution is 0.0985. The number of methoxy groups -OCH3 is 1. The van der Waals surface area contributed by atoms with Gasteiger partial charge in [-0.25, -0.2) is 9.59 Å². The van der Waals surface area contributed by atoms with E-state index >= 15 is 0 Å². The van der Waals surface area contributed by atoms with Crippen LogP contribution in [0.4, 0.5) is 21.0 Å². The number of amides is 3. The SMILES string of the molecule is COc1ccc(NC(=O)N[C@H](OC(=O)Nc2ccc(Cl)c(Cl)c2)C(Cl)(Cl)Cl)cc1. The fourth-order valence-corrected chi connectivity index (χ4v) is 2.56. The first-order valence-corrected chi connectivity index (χ1v) is 9.68. The molecule has 0 aromatic heterocycles. The first-order chi connectivity index (χ1) is 13.6. The molecule has 0 spiro atoms. The lowest BCUT2D eigenvalue weighted by Gasteiger charge is -2.25. The van der Waals surface area contributed by atoms with Crippen molar-refractivity contribution in [3.63, 3.8) is 0 Å². The Balaban J connectivity index is 1.99. The Labute approximate surface area is 191 Å². The first-order valence-electron chi connectivity index (χ1n) is 7.79. The second-order valence-corrected chi connectivity index (χ2v) is 8.59. The highest BCUT2D eigenvalue weighted by atomic mass is 35.6. The van der Waals surface area contributed by atoms with E-state index in [1.165, 1.54) is 25.3 Å². The zero-order valence-electron chi connectivity index (χ0n) is 14.6. The van der Waals surface area contributed by atoms with Gasteiger partial charge in [-0.15, -0.1) is 0 Å². The van der Waals surface area contributed by atoms with Gasteiger partial charge in [-0.3, -0.25) is 10.6 Å². The zero-order valence-corrected chi connectivity index (χ0v) is 18.4. The van der Waals surface area contributed by atoms with Gasteiger partial charge in [0.05, 0.1) is 17.2 Å². The van der Waals surface area contributed by atoms with E-state index in [1.54, 1.807) is 24.3 Å². The van der Waals surface area contributed by atoms with Crippen LogP contribution in [-0.4, -0.2) is 29.3 Å². The molecule has 2 aromatic carbocycles. The second-order valence-electron chi connectivity index (χ2n) is 5.41. The average molecular weight is 502 g/mol. The molecule has 0 aliphatic rings. The van der Waals surface area contributed by atoms with Gasteiger partial charge in [0.15, 0.2) is 0 Å². The van der Waals surface area contributed by atoms with Crippen LogP contribution in [-0.2, 0) is 4.74 Å². The summed E-state index contributed by atoms with van der Waals surface area (Å²) in [6, 6.07) is 10.1. The van der Waals surface area contributed by atoms with E-state index < -0.39 is 22.1 Å². The fraction of sp³-hybridized carbons (Fsp3) is 0.176. The van der Waals surface area contributed by atoms with Crippen LogP contribution in [0.1, 0.15) is 0 Å². The lowest BCUT2D eigenvalue weighted by atomic mass is 10.3. The van der Waals surface area contributed by atoms with Gasteiger partial charge < -0.3 is 14.8 Å². The van der Waals surface area contributed by atoms with Gasteiger partial charge in [-0.1, -0.05) is 58.0 Å². The largest absolute Gasteiger partial charge is 0.497 e. The molecule has 0 saturated heterocycles. The van der Waals surface area contributed by atoms with E-state index in [0.29, 0.717) is 16.5 Å². The standard InChI is InChI=1S/C17H14Cl5N3O4/c1-28-11-5-2-9(3-6-11)23-15(26)25-14(17(20,21)22)29-16(27)24-10-4-7-12(18)13(19)8-10/h2-8,14H,1H3,(H,24,27)(H2,23,25,26)/t14-/m1/s1. The summed E-state index contributed by atoms with van der Waals surface area (Å²) in [6.07, 6.45) is -2.60. The molecule has 0 bridgehead atoms. The maximum absolute atomic E-state index is 12.2. The molecule has 2 aromatic rings. The van der Waals surface area contributed by atoms with Crippen molar-refractivity contribution in [2.45, 2.75) is 10.0 Å². The summed E-state index contributed by atoms with van der Waals surface area (Å²) in [5, 5.41) is 7.68. The molecule has 7 nitrogen and oxygen atoms in total. The third-order valence-corrected chi connectivity index (χ3v) is 4.63. The zero-order chi connectivity index (χ0) is 21.6. The highest BCUT2D eigenvalue weighted by Gasteiger charge is 2.37. The van der Waals surface area contributed by atoms with Crippen molar-refractivity contribution >= 4 is 81.5 Å². The van der Waals surface area contributed by atoms with Crippen molar-refractivity contribution in [2.24, 2.45) is 0 Å². The van der Waals surface area contributed by atoms with Crippen LogP contribution < -0.4 is 20.7 Å². The van der Waals surface area contributed by atoms with Gasteiger partial charge in [-0.05, 0) is 42.5 Å². The monoisotopic (exact) mass is 499 g/mol. The maximum atomic E-state index is 12.2. The van der Waals surface area contributed by atoms with Crippen LogP contribution in [0.3, 0.4) is 0 Å². The van der Waals surface area contributed by atoms with Crippen LogP contribution >= 0.6 is 58.0 Å². The van der Waals surface area contributed by atoms with E-state index in [9.17, 15) is 9.59 Å². The predicted molar refractivity (Wildman–Crippen MR) is 116 cm³/mol. The number of ether oxygens (including phenoxy) is 2. The Morgan fingerprint density at radius 2 is 1.55 bits per heavy atom. The van der Waals surface area contributed by atoms with Crippen molar-refractivity contribution in [3.05, 3.63) is 52.5 Å². The number of carbonyl (C=O) groups is 2. The number of rotatable bonds is 5. The van der Waals surface area contributed by atoms with Crippen molar-refractivity contribution in [3.8, 4) is 5.75 Å². The van der Waals surface area contributed by atoms with Gasteiger partial charge in [0.25, 0.3) is 0 Å². The van der Waals surface area contributed by atoms with Gasteiger partial charge in [0.1, 0.15) is 5.75 Å². The number of hydrogen-bond acceptors (Lipinski definition) is 4. The molecule has 0 aliphatic heterocycles. The number of urea groups is 1.